The maximum atomic E-state index is 12.8. The predicted molar refractivity (Wildman–Crippen MR) is 105 cm³/mol. The number of rotatable bonds is 6. The summed E-state index contributed by atoms with van der Waals surface area (Å²) in [5, 5.41) is 2.62. The van der Waals surface area contributed by atoms with Gasteiger partial charge in [0.1, 0.15) is 12.1 Å². The van der Waals surface area contributed by atoms with E-state index < -0.39 is 36.6 Å². The van der Waals surface area contributed by atoms with Crippen molar-refractivity contribution in [1.82, 2.24) is 10.2 Å². The van der Waals surface area contributed by atoms with E-state index in [2.05, 4.69) is 5.32 Å². The number of esters is 1. The van der Waals surface area contributed by atoms with Gasteiger partial charge in [-0.2, -0.15) is 0 Å². The highest BCUT2D eigenvalue weighted by atomic mass is 16.5. The van der Waals surface area contributed by atoms with Crippen molar-refractivity contribution in [3.8, 4) is 0 Å². The first kappa shape index (κ1) is 20.3. The molecule has 1 fully saturated rings. The summed E-state index contributed by atoms with van der Waals surface area (Å²) in [6, 6.07) is 13.3. The zero-order valence-corrected chi connectivity index (χ0v) is 16.5. The SMILES string of the molecule is Cc1ccc(C(=O)COC(=O)CN2C(=O)N[C@@](C)(c3ccccc3)C2=O)cc1C. The van der Waals surface area contributed by atoms with E-state index in [4.69, 9.17) is 4.74 Å². The molecule has 150 valence electrons. The Kier molecular flexibility index (Phi) is 5.50. The van der Waals surface area contributed by atoms with Gasteiger partial charge in [0.15, 0.2) is 12.4 Å². The molecule has 0 radical (unpaired) electrons. The van der Waals surface area contributed by atoms with Crippen LogP contribution in [0.2, 0.25) is 0 Å². The summed E-state index contributed by atoms with van der Waals surface area (Å²) < 4.78 is 5.00. The van der Waals surface area contributed by atoms with Gasteiger partial charge < -0.3 is 10.1 Å². The number of urea groups is 1. The zero-order valence-electron chi connectivity index (χ0n) is 16.5. The Morgan fingerprint density at radius 3 is 2.38 bits per heavy atom. The summed E-state index contributed by atoms with van der Waals surface area (Å²) in [5.41, 5.74) is 1.81. The molecule has 0 aromatic heterocycles. The van der Waals surface area contributed by atoms with Crippen molar-refractivity contribution in [2.75, 3.05) is 13.2 Å². The third kappa shape index (κ3) is 4.03. The maximum Gasteiger partial charge on any atom is 0.326 e. The Hall–Kier alpha value is -3.48. The molecule has 0 bridgehead atoms. The van der Waals surface area contributed by atoms with Crippen molar-refractivity contribution < 1.29 is 23.9 Å². The molecular formula is C22H22N2O5. The molecular weight excluding hydrogens is 372 g/mol. The molecule has 0 unspecified atom stereocenters. The van der Waals surface area contributed by atoms with Crippen LogP contribution < -0.4 is 5.32 Å². The quantitative estimate of drug-likeness (QED) is 0.462. The number of ketones is 1. The van der Waals surface area contributed by atoms with Gasteiger partial charge in [-0.1, -0.05) is 42.5 Å². The first-order valence-corrected chi connectivity index (χ1v) is 9.18. The van der Waals surface area contributed by atoms with E-state index in [1.165, 1.54) is 0 Å². The minimum absolute atomic E-state index is 0.354. The van der Waals surface area contributed by atoms with Crippen LogP contribution in [0.5, 0.6) is 0 Å². The van der Waals surface area contributed by atoms with Crippen LogP contribution in [0.1, 0.15) is 34.0 Å². The minimum Gasteiger partial charge on any atom is -0.456 e. The average molecular weight is 394 g/mol. The van der Waals surface area contributed by atoms with Crippen molar-refractivity contribution in [3.63, 3.8) is 0 Å². The fourth-order valence-corrected chi connectivity index (χ4v) is 3.13. The summed E-state index contributed by atoms with van der Waals surface area (Å²) in [7, 11) is 0. The fraction of sp³-hybridized carbons (Fsp3) is 0.273. The number of imide groups is 1. The number of nitrogens with one attached hydrogen (secondary N) is 1. The molecule has 1 atom stereocenters. The van der Waals surface area contributed by atoms with E-state index in [9.17, 15) is 19.2 Å². The predicted octanol–water partition coefficient (Wildman–Crippen LogP) is 2.50. The van der Waals surface area contributed by atoms with E-state index in [1.807, 2.05) is 19.9 Å². The van der Waals surface area contributed by atoms with Gasteiger partial charge in [0.25, 0.3) is 5.91 Å². The van der Waals surface area contributed by atoms with Gasteiger partial charge in [-0.15, -0.1) is 0 Å². The van der Waals surface area contributed by atoms with Crippen LogP contribution in [0, 0.1) is 13.8 Å². The van der Waals surface area contributed by atoms with E-state index in [-0.39, 0.29) is 5.78 Å². The smallest absolute Gasteiger partial charge is 0.326 e. The number of hydrogen-bond donors (Lipinski definition) is 1. The Bertz CT molecular complexity index is 986. The zero-order chi connectivity index (χ0) is 21.2. The number of carbonyl (C=O) groups excluding carboxylic acids is 4. The number of ether oxygens (including phenoxy) is 1. The number of amides is 3. The van der Waals surface area contributed by atoms with Crippen molar-refractivity contribution in [2.24, 2.45) is 0 Å². The molecule has 0 aliphatic carbocycles. The standard InChI is InChI=1S/C22H22N2O5/c1-14-9-10-16(11-15(14)2)18(25)13-29-19(26)12-24-20(27)22(3,23-21(24)28)17-7-5-4-6-8-17/h4-11H,12-13H2,1-3H3,(H,23,28)/t22-/m0/s1. The number of Topliss-reactive ketones (excluding diaryl/α,β-unsaturated/α-hetero) is 1. The van der Waals surface area contributed by atoms with Crippen LogP contribution in [0.25, 0.3) is 0 Å². The molecule has 0 spiro atoms. The number of benzene rings is 2. The molecule has 3 amide bonds. The van der Waals surface area contributed by atoms with Crippen molar-refractivity contribution in [3.05, 3.63) is 70.8 Å². The maximum absolute atomic E-state index is 12.8. The topological polar surface area (TPSA) is 92.8 Å². The van der Waals surface area contributed by atoms with Crippen LogP contribution >= 0.6 is 0 Å². The molecule has 1 heterocycles. The molecule has 1 N–H and O–H groups in total. The van der Waals surface area contributed by atoms with Gasteiger partial charge >= 0.3 is 12.0 Å². The number of carbonyl (C=O) groups is 4. The number of nitrogens with zero attached hydrogens (tertiary/aromatic N) is 1. The first-order valence-electron chi connectivity index (χ1n) is 9.18. The highest BCUT2D eigenvalue weighted by Gasteiger charge is 2.49. The van der Waals surface area contributed by atoms with Gasteiger partial charge in [-0.3, -0.25) is 19.3 Å². The summed E-state index contributed by atoms with van der Waals surface area (Å²) in [4.78, 5) is 50.2. The largest absolute Gasteiger partial charge is 0.456 e. The van der Waals surface area contributed by atoms with Crippen LogP contribution in [-0.2, 0) is 19.9 Å². The summed E-state index contributed by atoms with van der Waals surface area (Å²) in [6.45, 7) is 4.38. The Balaban J connectivity index is 1.62. The van der Waals surface area contributed by atoms with Gasteiger partial charge in [-0.25, -0.2) is 4.79 Å². The molecule has 29 heavy (non-hydrogen) atoms. The molecule has 0 saturated carbocycles. The van der Waals surface area contributed by atoms with Crippen molar-refractivity contribution in [2.45, 2.75) is 26.3 Å². The van der Waals surface area contributed by atoms with E-state index >= 15 is 0 Å². The van der Waals surface area contributed by atoms with E-state index in [0.717, 1.165) is 16.0 Å². The lowest BCUT2D eigenvalue weighted by Gasteiger charge is -2.21. The Labute approximate surface area is 168 Å². The van der Waals surface area contributed by atoms with Gasteiger partial charge in [0.05, 0.1) is 0 Å². The molecule has 1 aliphatic rings. The third-order valence-electron chi connectivity index (χ3n) is 5.11. The van der Waals surface area contributed by atoms with Crippen LogP contribution in [0.4, 0.5) is 4.79 Å². The highest BCUT2D eigenvalue weighted by Crippen LogP contribution is 2.28. The Morgan fingerprint density at radius 1 is 1.03 bits per heavy atom. The lowest BCUT2D eigenvalue weighted by molar-refractivity contribution is -0.146. The lowest BCUT2D eigenvalue weighted by Crippen LogP contribution is -2.41. The van der Waals surface area contributed by atoms with Crippen LogP contribution in [0.3, 0.4) is 0 Å². The fourth-order valence-electron chi connectivity index (χ4n) is 3.13. The highest BCUT2D eigenvalue weighted by molar-refractivity contribution is 6.09. The summed E-state index contributed by atoms with van der Waals surface area (Å²) in [6.07, 6.45) is 0. The third-order valence-corrected chi connectivity index (χ3v) is 5.11. The Morgan fingerprint density at radius 2 is 1.72 bits per heavy atom. The van der Waals surface area contributed by atoms with Crippen molar-refractivity contribution >= 4 is 23.7 Å². The normalized spacial score (nSPS) is 18.5. The first-order chi connectivity index (χ1) is 13.7. The molecule has 2 aromatic carbocycles. The molecule has 7 heteroatoms. The van der Waals surface area contributed by atoms with E-state index in [1.54, 1.807) is 49.4 Å². The monoisotopic (exact) mass is 394 g/mol. The minimum atomic E-state index is -1.26. The van der Waals surface area contributed by atoms with Crippen molar-refractivity contribution in [1.29, 1.82) is 0 Å². The van der Waals surface area contributed by atoms with Gasteiger partial charge in [-0.05, 0) is 43.5 Å². The van der Waals surface area contributed by atoms with Crippen LogP contribution in [0.15, 0.2) is 48.5 Å². The molecule has 1 aliphatic heterocycles. The lowest BCUT2D eigenvalue weighted by atomic mass is 9.92. The summed E-state index contributed by atoms with van der Waals surface area (Å²) in [5.74, 6) is -1.73. The summed E-state index contributed by atoms with van der Waals surface area (Å²) >= 11 is 0. The second-order valence-corrected chi connectivity index (χ2v) is 7.20. The second-order valence-electron chi connectivity index (χ2n) is 7.20. The van der Waals surface area contributed by atoms with Crippen LogP contribution in [-0.4, -0.2) is 41.7 Å². The van der Waals surface area contributed by atoms with Gasteiger partial charge in [0.2, 0.25) is 0 Å². The number of aryl methyl sites for hydroxylation is 2. The van der Waals surface area contributed by atoms with Gasteiger partial charge in [0, 0.05) is 5.56 Å². The molecule has 2 aromatic rings. The number of hydrogen-bond acceptors (Lipinski definition) is 5. The second kappa shape index (κ2) is 7.87. The molecule has 1 saturated heterocycles. The van der Waals surface area contributed by atoms with E-state index in [0.29, 0.717) is 11.1 Å². The average Bonchev–Trinajstić information content (AvgIpc) is 2.93. The molecule has 7 nitrogen and oxygen atoms in total. The molecule has 3 rings (SSSR count).